The number of carbonyl (C=O) groups excluding carboxylic acids is 1. The van der Waals surface area contributed by atoms with Gasteiger partial charge in [0.25, 0.3) is 5.91 Å². The molecule has 3 fully saturated rings. The van der Waals surface area contributed by atoms with E-state index in [0.29, 0.717) is 37.0 Å². The van der Waals surface area contributed by atoms with Crippen LogP contribution in [0.2, 0.25) is 0 Å². The van der Waals surface area contributed by atoms with Crippen molar-refractivity contribution in [1.29, 1.82) is 0 Å². The van der Waals surface area contributed by atoms with Crippen LogP contribution in [0.3, 0.4) is 0 Å². The third-order valence-corrected chi connectivity index (χ3v) is 7.88. The predicted molar refractivity (Wildman–Crippen MR) is 122 cm³/mol. The minimum Gasteiger partial charge on any atom is -0.393 e. The number of amides is 1. The van der Waals surface area contributed by atoms with E-state index in [1.54, 1.807) is 11.6 Å². The van der Waals surface area contributed by atoms with Crippen LogP contribution >= 0.6 is 0 Å². The maximum Gasteiger partial charge on any atom is 0.267 e. The van der Waals surface area contributed by atoms with Gasteiger partial charge >= 0.3 is 0 Å². The second-order valence-corrected chi connectivity index (χ2v) is 10.2. The number of rotatable bonds is 5. The fourth-order valence-corrected chi connectivity index (χ4v) is 6.50. The molecule has 0 heterocycles. The highest BCUT2D eigenvalue weighted by atomic mass is 16.5. The zero-order chi connectivity index (χ0) is 22.6. The first-order valence-electron chi connectivity index (χ1n) is 11.8. The molecule has 3 aliphatic rings. The molecule has 0 aliphatic heterocycles. The summed E-state index contributed by atoms with van der Waals surface area (Å²) in [5.41, 5.74) is 5.63. The Morgan fingerprint density at radius 1 is 1.16 bits per heavy atom. The third-order valence-electron chi connectivity index (χ3n) is 7.88. The fourth-order valence-electron chi connectivity index (χ4n) is 6.50. The van der Waals surface area contributed by atoms with Crippen molar-refractivity contribution in [3.63, 3.8) is 0 Å². The Kier molecular flexibility index (Phi) is 7.95. The minimum atomic E-state index is -0.512. The molecule has 3 saturated carbocycles. The number of hydrogen-bond donors (Lipinski definition) is 4. The van der Waals surface area contributed by atoms with Crippen molar-refractivity contribution < 1.29 is 20.2 Å². The van der Waals surface area contributed by atoms with Crippen LogP contribution in [0.5, 0.6) is 0 Å². The van der Waals surface area contributed by atoms with Crippen molar-refractivity contribution >= 4 is 5.91 Å². The molecule has 3 aliphatic carbocycles. The largest absolute Gasteiger partial charge is 0.393 e. The first-order valence-corrected chi connectivity index (χ1v) is 11.8. The van der Waals surface area contributed by atoms with Gasteiger partial charge in [0.15, 0.2) is 0 Å². The number of carbonyl (C=O) groups is 1. The van der Waals surface area contributed by atoms with Gasteiger partial charge in [-0.1, -0.05) is 54.9 Å². The van der Waals surface area contributed by atoms with Crippen LogP contribution in [0, 0.1) is 23.2 Å². The number of aliphatic hydroxyl groups excluding tert-OH is 2. The van der Waals surface area contributed by atoms with Crippen LogP contribution in [0.25, 0.3) is 0 Å². The topological polar surface area (TPSA) is 89.8 Å². The van der Waals surface area contributed by atoms with E-state index in [1.165, 1.54) is 37.3 Å². The Labute approximate surface area is 186 Å². The summed E-state index contributed by atoms with van der Waals surface area (Å²) in [5.74, 6) is 1.09. The molecule has 0 radical (unpaired) electrons. The lowest BCUT2D eigenvalue weighted by Crippen LogP contribution is -2.35. The standard InChI is InChI=1S/C26H39NO4/c1-17(6-11-25(30)27-31)13-18(2)23-9-10-24-20(5-4-12-26(23,24)3)8-7-19-14-21(28)16-22(29)15-19/h6-8,11,13,18,21-24,28-29,31H,4-5,9-10,12,14-16H2,1-3H3,(H,27,30)/b11-6+,17-13+,20-8+/t18-,21-,22-,23-,24?,26-/m1/s1. The zero-order valence-electron chi connectivity index (χ0n) is 19.2. The predicted octanol–water partition coefficient (Wildman–Crippen LogP) is 4.61. The lowest BCUT2D eigenvalue weighted by atomic mass is 9.61. The van der Waals surface area contributed by atoms with Crippen molar-refractivity contribution in [1.82, 2.24) is 5.48 Å². The number of allylic oxidation sites excluding steroid dienone is 6. The lowest BCUT2D eigenvalue weighted by Gasteiger charge is -2.44. The molecule has 5 nitrogen and oxygen atoms in total. The molecular weight excluding hydrogens is 390 g/mol. The fraction of sp³-hybridized carbons (Fsp3) is 0.654. The SMILES string of the molecule is CC(/C=C/C(=O)NO)=C\[C@@H](C)[C@H]1CCC2/C(=C/C=C3C[C@@H](O)C[C@H](O)C3)CCC[C@@]21C. The van der Waals surface area contributed by atoms with E-state index in [9.17, 15) is 15.0 Å². The summed E-state index contributed by atoms with van der Waals surface area (Å²) in [6, 6.07) is 0. The average molecular weight is 430 g/mol. The number of hydroxylamine groups is 1. The van der Waals surface area contributed by atoms with Crippen molar-refractivity contribution in [2.45, 2.75) is 84.3 Å². The molecule has 1 unspecified atom stereocenters. The highest BCUT2D eigenvalue weighted by molar-refractivity contribution is 5.86. The Hall–Kier alpha value is -1.69. The maximum absolute atomic E-state index is 11.2. The summed E-state index contributed by atoms with van der Waals surface area (Å²) >= 11 is 0. The Morgan fingerprint density at radius 2 is 1.87 bits per heavy atom. The number of aliphatic hydroxyl groups is 2. The normalized spacial score (nSPS) is 36.5. The third kappa shape index (κ3) is 5.76. The molecule has 0 bridgehead atoms. The first-order chi connectivity index (χ1) is 14.7. The molecule has 0 aromatic heterocycles. The molecule has 1 amide bonds. The van der Waals surface area contributed by atoms with Gasteiger partial charge in [0.1, 0.15) is 0 Å². The zero-order valence-corrected chi connectivity index (χ0v) is 19.2. The summed E-state index contributed by atoms with van der Waals surface area (Å²) in [5, 5.41) is 28.6. The van der Waals surface area contributed by atoms with Gasteiger partial charge in [0.05, 0.1) is 12.2 Å². The van der Waals surface area contributed by atoms with E-state index in [1.807, 2.05) is 6.92 Å². The highest BCUT2D eigenvalue weighted by Gasteiger charge is 2.50. The number of hydrogen-bond acceptors (Lipinski definition) is 4. The highest BCUT2D eigenvalue weighted by Crippen LogP contribution is 2.59. The molecule has 0 spiro atoms. The van der Waals surface area contributed by atoms with Crippen molar-refractivity contribution in [2.24, 2.45) is 23.2 Å². The maximum atomic E-state index is 11.2. The van der Waals surface area contributed by atoms with E-state index < -0.39 is 18.1 Å². The Bertz CT molecular complexity index is 768. The molecule has 0 aromatic carbocycles. The summed E-state index contributed by atoms with van der Waals surface area (Å²) in [4.78, 5) is 11.2. The summed E-state index contributed by atoms with van der Waals surface area (Å²) < 4.78 is 0. The lowest BCUT2D eigenvalue weighted by molar-refractivity contribution is -0.124. The molecule has 6 atom stereocenters. The smallest absolute Gasteiger partial charge is 0.267 e. The molecule has 4 N–H and O–H groups in total. The van der Waals surface area contributed by atoms with Gasteiger partial charge < -0.3 is 10.2 Å². The van der Waals surface area contributed by atoms with Crippen LogP contribution in [0.4, 0.5) is 0 Å². The van der Waals surface area contributed by atoms with Crippen LogP contribution < -0.4 is 5.48 Å². The summed E-state index contributed by atoms with van der Waals surface area (Å²) in [6.45, 7) is 6.74. The van der Waals surface area contributed by atoms with Gasteiger partial charge in [-0.15, -0.1) is 0 Å². The first kappa shape index (κ1) is 24.0. The van der Waals surface area contributed by atoms with Crippen molar-refractivity contribution in [2.75, 3.05) is 0 Å². The second-order valence-electron chi connectivity index (χ2n) is 10.2. The number of nitrogens with one attached hydrogen (secondary N) is 1. The van der Waals surface area contributed by atoms with Gasteiger partial charge in [-0.05, 0) is 81.5 Å². The van der Waals surface area contributed by atoms with E-state index in [-0.39, 0.29) is 5.41 Å². The quantitative estimate of drug-likeness (QED) is 0.222. The molecule has 172 valence electrons. The van der Waals surface area contributed by atoms with Gasteiger partial charge in [-0.25, -0.2) is 5.48 Å². The number of fused-ring (bicyclic) bond motifs is 1. The van der Waals surface area contributed by atoms with Crippen LogP contribution in [0.15, 0.2) is 47.1 Å². The van der Waals surface area contributed by atoms with Gasteiger partial charge in [0, 0.05) is 6.08 Å². The van der Waals surface area contributed by atoms with Crippen molar-refractivity contribution in [3.05, 3.63) is 47.1 Å². The molecule has 31 heavy (non-hydrogen) atoms. The summed E-state index contributed by atoms with van der Waals surface area (Å²) in [6.07, 6.45) is 16.8. The average Bonchev–Trinajstić information content (AvgIpc) is 3.07. The van der Waals surface area contributed by atoms with Crippen LogP contribution in [0.1, 0.15) is 72.1 Å². The molecular formula is C26H39NO4. The van der Waals surface area contributed by atoms with E-state index in [2.05, 4.69) is 32.1 Å². The van der Waals surface area contributed by atoms with Gasteiger partial charge in [-0.2, -0.15) is 0 Å². The second kappa shape index (κ2) is 10.3. The minimum absolute atomic E-state index is 0.274. The summed E-state index contributed by atoms with van der Waals surface area (Å²) in [7, 11) is 0. The van der Waals surface area contributed by atoms with Gasteiger partial charge in [-0.3, -0.25) is 10.0 Å². The molecule has 3 rings (SSSR count). The van der Waals surface area contributed by atoms with E-state index in [0.717, 1.165) is 17.6 Å². The van der Waals surface area contributed by atoms with Crippen LogP contribution in [-0.4, -0.2) is 33.5 Å². The van der Waals surface area contributed by atoms with E-state index in [4.69, 9.17) is 5.21 Å². The molecule has 0 saturated heterocycles. The van der Waals surface area contributed by atoms with E-state index >= 15 is 0 Å². The molecule has 5 heteroatoms. The van der Waals surface area contributed by atoms with Crippen LogP contribution in [-0.2, 0) is 4.79 Å². The molecule has 0 aromatic rings. The van der Waals surface area contributed by atoms with Crippen molar-refractivity contribution in [3.8, 4) is 0 Å². The monoisotopic (exact) mass is 429 g/mol. The van der Waals surface area contributed by atoms with Gasteiger partial charge in [0.2, 0.25) is 0 Å². The Balaban J connectivity index is 1.73. The Morgan fingerprint density at radius 3 is 2.55 bits per heavy atom.